The lowest BCUT2D eigenvalue weighted by atomic mass is 9.86. The molecule has 7 heteroatoms. The van der Waals surface area contributed by atoms with Crippen LogP contribution >= 0.6 is 11.6 Å². The minimum atomic E-state index is 0.0637. The summed E-state index contributed by atoms with van der Waals surface area (Å²) in [5.74, 6) is 2.88. The van der Waals surface area contributed by atoms with E-state index in [1.807, 2.05) is 18.2 Å². The van der Waals surface area contributed by atoms with Gasteiger partial charge in [0.25, 0.3) is 0 Å². The van der Waals surface area contributed by atoms with E-state index in [9.17, 15) is 0 Å². The summed E-state index contributed by atoms with van der Waals surface area (Å²) in [6, 6.07) is 8.07. The zero-order valence-electron chi connectivity index (χ0n) is 17.1. The Morgan fingerprint density at radius 3 is 2.86 bits per heavy atom. The van der Waals surface area contributed by atoms with Gasteiger partial charge >= 0.3 is 0 Å². The zero-order chi connectivity index (χ0) is 20.0. The predicted octanol–water partition coefficient (Wildman–Crippen LogP) is 3.59. The fraction of sp³-hybridized carbons (Fsp3) is 0.571. The third-order valence-electron chi connectivity index (χ3n) is 5.13. The van der Waals surface area contributed by atoms with Crippen LogP contribution in [0.3, 0.4) is 0 Å². The highest BCUT2D eigenvalue weighted by Gasteiger charge is 2.20. The first kappa shape index (κ1) is 20.6. The van der Waals surface area contributed by atoms with E-state index in [1.165, 1.54) is 24.8 Å². The monoisotopic (exact) mass is 402 g/mol. The molecule has 2 heterocycles. The Kier molecular flexibility index (Phi) is 6.94. The van der Waals surface area contributed by atoms with Crippen LogP contribution in [0.25, 0.3) is 0 Å². The first-order chi connectivity index (χ1) is 13.5. The molecule has 152 valence electrons. The molecule has 2 aromatic rings. The second kappa shape index (κ2) is 9.41. The van der Waals surface area contributed by atoms with Gasteiger partial charge in [-0.15, -0.1) is 10.2 Å². The molecule has 0 radical (unpaired) electrons. The molecule has 1 aromatic carbocycles. The molecule has 0 saturated heterocycles. The van der Waals surface area contributed by atoms with Crippen molar-refractivity contribution in [1.29, 1.82) is 0 Å². The van der Waals surface area contributed by atoms with Crippen LogP contribution in [0, 0.1) is 5.41 Å². The van der Waals surface area contributed by atoms with Crippen LogP contribution in [0.5, 0.6) is 0 Å². The number of rotatable bonds is 6. The Morgan fingerprint density at radius 2 is 2.07 bits per heavy atom. The maximum atomic E-state index is 6.12. The van der Waals surface area contributed by atoms with E-state index in [0.717, 1.165) is 48.6 Å². The van der Waals surface area contributed by atoms with Crippen LogP contribution in [-0.2, 0) is 25.9 Å². The van der Waals surface area contributed by atoms with Crippen molar-refractivity contribution in [2.75, 3.05) is 13.6 Å². The summed E-state index contributed by atoms with van der Waals surface area (Å²) in [5, 5.41) is 16.3. The number of guanidine groups is 1. The molecule has 0 bridgehead atoms. The maximum Gasteiger partial charge on any atom is 0.191 e. The van der Waals surface area contributed by atoms with E-state index >= 15 is 0 Å². The molecule has 3 rings (SSSR count). The Morgan fingerprint density at radius 1 is 1.21 bits per heavy atom. The normalized spacial score (nSPS) is 15.1. The molecular formula is C21H31ClN6. The van der Waals surface area contributed by atoms with Gasteiger partial charge in [0.05, 0.1) is 6.54 Å². The number of hydrogen-bond acceptors (Lipinski definition) is 3. The second-order valence-corrected chi connectivity index (χ2v) is 8.68. The molecule has 1 aromatic heterocycles. The number of halogens is 1. The highest BCUT2D eigenvalue weighted by molar-refractivity contribution is 6.30. The number of aliphatic imine (C=N–C) groups is 1. The van der Waals surface area contributed by atoms with Gasteiger partial charge in [0, 0.05) is 31.6 Å². The highest BCUT2D eigenvalue weighted by Crippen LogP contribution is 2.22. The number of benzene rings is 1. The van der Waals surface area contributed by atoms with Crippen molar-refractivity contribution in [3.05, 3.63) is 46.5 Å². The summed E-state index contributed by atoms with van der Waals surface area (Å²) >= 11 is 6.12. The molecule has 28 heavy (non-hydrogen) atoms. The number of nitrogens with zero attached hydrogens (tertiary/aromatic N) is 4. The van der Waals surface area contributed by atoms with Crippen LogP contribution in [-0.4, -0.2) is 34.3 Å². The van der Waals surface area contributed by atoms with Gasteiger partial charge in [0.15, 0.2) is 11.8 Å². The van der Waals surface area contributed by atoms with Gasteiger partial charge in [-0.2, -0.15) is 0 Å². The number of aryl methyl sites for hydroxylation is 1. The first-order valence-electron chi connectivity index (χ1n) is 10.1. The van der Waals surface area contributed by atoms with Crippen LogP contribution < -0.4 is 10.6 Å². The fourth-order valence-electron chi connectivity index (χ4n) is 3.64. The van der Waals surface area contributed by atoms with Crippen molar-refractivity contribution in [3.63, 3.8) is 0 Å². The maximum absolute atomic E-state index is 6.12. The average Bonchev–Trinajstić information content (AvgIpc) is 2.88. The fourth-order valence-corrected chi connectivity index (χ4v) is 3.86. The van der Waals surface area contributed by atoms with E-state index in [0.29, 0.717) is 6.54 Å². The van der Waals surface area contributed by atoms with Gasteiger partial charge in [-0.05, 0) is 42.4 Å². The Hall–Kier alpha value is -2.08. The Labute approximate surface area is 172 Å². The van der Waals surface area contributed by atoms with Crippen molar-refractivity contribution in [1.82, 2.24) is 25.4 Å². The molecule has 0 saturated carbocycles. The third kappa shape index (κ3) is 5.71. The van der Waals surface area contributed by atoms with Crippen molar-refractivity contribution in [2.24, 2.45) is 10.4 Å². The van der Waals surface area contributed by atoms with Gasteiger partial charge in [0.2, 0.25) is 0 Å². The summed E-state index contributed by atoms with van der Waals surface area (Å²) in [6.45, 7) is 6.93. The topological polar surface area (TPSA) is 67.1 Å². The van der Waals surface area contributed by atoms with Crippen LogP contribution in [0.4, 0.5) is 0 Å². The van der Waals surface area contributed by atoms with Crippen molar-refractivity contribution >= 4 is 17.6 Å². The highest BCUT2D eigenvalue weighted by atomic mass is 35.5. The summed E-state index contributed by atoms with van der Waals surface area (Å²) in [6.07, 6.45) is 5.63. The molecule has 1 aliphatic heterocycles. The van der Waals surface area contributed by atoms with E-state index in [4.69, 9.17) is 11.6 Å². The Bertz CT molecular complexity index is 811. The van der Waals surface area contributed by atoms with E-state index in [2.05, 4.69) is 50.3 Å². The second-order valence-electron chi connectivity index (χ2n) is 8.24. The van der Waals surface area contributed by atoms with Gasteiger partial charge in [-0.3, -0.25) is 4.99 Å². The summed E-state index contributed by atoms with van der Waals surface area (Å²) in [4.78, 5) is 4.36. The van der Waals surface area contributed by atoms with Crippen LogP contribution in [0.2, 0.25) is 5.02 Å². The summed E-state index contributed by atoms with van der Waals surface area (Å²) in [7, 11) is 1.80. The quantitative estimate of drug-likeness (QED) is 0.572. The predicted molar refractivity (Wildman–Crippen MR) is 115 cm³/mol. The molecule has 0 unspecified atom stereocenters. The lowest BCUT2D eigenvalue weighted by Crippen LogP contribution is -2.42. The number of fused-ring (bicyclic) bond motifs is 1. The van der Waals surface area contributed by atoms with Gasteiger partial charge < -0.3 is 15.2 Å². The molecule has 1 aliphatic rings. The first-order valence-corrected chi connectivity index (χ1v) is 10.4. The minimum Gasteiger partial charge on any atom is -0.356 e. The van der Waals surface area contributed by atoms with E-state index in [1.54, 1.807) is 7.05 Å². The molecule has 0 amide bonds. The lowest BCUT2D eigenvalue weighted by Gasteiger charge is -2.26. The molecule has 6 nitrogen and oxygen atoms in total. The average molecular weight is 403 g/mol. The van der Waals surface area contributed by atoms with E-state index in [-0.39, 0.29) is 5.41 Å². The molecule has 2 N–H and O–H groups in total. The number of hydrogen-bond donors (Lipinski definition) is 2. The summed E-state index contributed by atoms with van der Waals surface area (Å²) in [5.41, 5.74) is 1.31. The van der Waals surface area contributed by atoms with Crippen molar-refractivity contribution in [2.45, 2.75) is 59.0 Å². The number of nitrogens with one attached hydrogen (secondary N) is 2. The summed E-state index contributed by atoms with van der Waals surface area (Å²) < 4.78 is 2.26. The molecule has 0 atom stereocenters. The van der Waals surface area contributed by atoms with Crippen molar-refractivity contribution < 1.29 is 0 Å². The van der Waals surface area contributed by atoms with Crippen molar-refractivity contribution in [3.8, 4) is 0 Å². The molecule has 0 aliphatic carbocycles. The SMILES string of the molecule is CN=C(NCc1nnc2n1CCCCC2)NCC(C)(C)Cc1cccc(Cl)c1. The van der Waals surface area contributed by atoms with Crippen LogP contribution in [0.15, 0.2) is 29.3 Å². The largest absolute Gasteiger partial charge is 0.356 e. The van der Waals surface area contributed by atoms with Gasteiger partial charge in [-0.1, -0.05) is 44.0 Å². The van der Waals surface area contributed by atoms with Crippen LogP contribution in [0.1, 0.15) is 50.3 Å². The third-order valence-corrected chi connectivity index (χ3v) is 5.36. The number of aromatic nitrogens is 3. The standard InChI is InChI=1S/C21H31ClN6/c1-21(2,13-16-8-7-9-17(22)12-16)15-25-20(23-3)24-14-19-27-26-18-10-5-4-6-11-28(18)19/h7-9,12H,4-6,10-11,13-15H2,1-3H3,(H2,23,24,25). The smallest absolute Gasteiger partial charge is 0.191 e. The Balaban J connectivity index is 1.52. The zero-order valence-corrected chi connectivity index (χ0v) is 17.9. The van der Waals surface area contributed by atoms with Gasteiger partial charge in [-0.25, -0.2) is 0 Å². The minimum absolute atomic E-state index is 0.0637. The molecule has 0 fully saturated rings. The lowest BCUT2D eigenvalue weighted by molar-refractivity contribution is 0.359. The molecule has 0 spiro atoms. The van der Waals surface area contributed by atoms with E-state index < -0.39 is 0 Å². The van der Waals surface area contributed by atoms with Gasteiger partial charge in [0.1, 0.15) is 5.82 Å². The molecular weight excluding hydrogens is 372 g/mol.